The van der Waals surface area contributed by atoms with E-state index < -0.39 is 0 Å². The van der Waals surface area contributed by atoms with Crippen molar-refractivity contribution in [1.82, 2.24) is 9.80 Å². The first-order valence-corrected chi connectivity index (χ1v) is 9.11. The average Bonchev–Trinajstić information content (AvgIpc) is 3.21. The molecule has 24 heavy (non-hydrogen) atoms. The molecule has 0 radical (unpaired) electrons. The maximum atomic E-state index is 12.4. The largest absolute Gasteiger partial charge is 0.375 e. The minimum atomic E-state index is -0.0235. The number of carbonyl (C=O) groups is 1. The van der Waals surface area contributed by atoms with Crippen molar-refractivity contribution < 1.29 is 9.53 Å². The molecule has 1 aromatic rings. The molecule has 1 saturated carbocycles. The van der Waals surface area contributed by atoms with Gasteiger partial charge in [-0.05, 0) is 31.9 Å². The molecule has 0 aromatic heterocycles. The van der Waals surface area contributed by atoms with Gasteiger partial charge >= 0.3 is 0 Å². The van der Waals surface area contributed by atoms with Gasteiger partial charge in [-0.2, -0.15) is 0 Å². The van der Waals surface area contributed by atoms with E-state index in [2.05, 4.69) is 48.0 Å². The third-order valence-electron chi connectivity index (χ3n) is 6.15. The van der Waals surface area contributed by atoms with Crippen LogP contribution in [0.15, 0.2) is 30.3 Å². The summed E-state index contributed by atoms with van der Waals surface area (Å²) in [5.41, 5.74) is 1.52. The molecule has 4 nitrogen and oxygen atoms in total. The second kappa shape index (κ2) is 5.85. The molecule has 2 saturated heterocycles. The zero-order valence-electron chi connectivity index (χ0n) is 14.8. The van der Waals surface area contributed by atoms with Gasteiger partial charge in [0, 0.05) is 36.5 Å². The van der Waals surface area contributed by atoms with Crippen LogP contribution in [0.4, 0.5) is 0 Å². The number of hydrogen-bond donors (Lipinski definition) is 0. The Morgan fingerprint density at radius 1 is 1.21 bits per heavy atom. The predicted octanol–water partition coefficient (Wildman–Crippen LogP) is 2.54. The molecule has 130 valence electrons. The summed E-state index contributed by atoms with van der Waals surface area (Å²) in [5.74, 6) is 0.388. The first-order chi connectivity index (χ1) is 11.5. The van der Waals surface area contributed by atoms with Crippen molar-refractivity contribution in [3.63, 3.8) is 0 Å². The smallest absolute Gasteiger partial charge is 0.228 e. The van der Waals surface area contributed by atoms with Gasteiger partial charge in [0.1, 0.15) is 0 Å². The zero-order valence-corrected chi connectivity index (χ0v) is 14.8. The Hall–Kier alpha value is -1.39. The van der Waals surface area contributed by atoms with Gasteiger partial charge in [-0.3, -0.25) is 4.79 Å². The summed E-state index contributed by atoms with van der Waals surface area (Å²) in [6, 6.07) is 10.8. The molecule has 2 aliphatic heterocycles. The average molecular weight is 328 g/mol. The van der Waals surface area contributed by atoms with Crippen LogP contribution in [0.25, 0.3) is 0 Å². The van der Waals surface area contributed by atoms with Crippen LogP contribution in [0.3, 0.4) is 0 Å². The highest BCUT2D eigenvalue weighted by molar-refractivity contribution is 5.85. The molecule has 3 aliphatic rings. The van der Waals surface area contributed by atoms with Crippen LogP contribution in [0.2, 0.25) is 0 Å². The quantitative estimate of drug-likeness (QED) is 0.833. The van der Waals surface area contributed by atoms with Crippen molar-refractivity contribution in [3.05, 3.63) is 35.9 Å². The number of amides is 1. The minimum absolute atomic E-state index is 0.0235. The zero-order chi connectivity index (χ0) is 16.8. The highest BCUT2D eigenvalue weighted by atomic mass is 16.5. The number of likely N-dealkylation sites (N-methyl/N-ethyl adjacent to an activating group) is 1. The first-order valence-electron chi connectivity index (χ1n) is 9.11. The second-order valence-corrected chi connectivity index (χ2v) is 8.50. The lowest BCUT2D eigenvalue weighted by molar-refractivity contribution is -0.148. The molecular formula is C20H28N2O2. The van der Waals surface area contributed by atoms with Crippen molar-refractivity contribution in [2.45, 2.75) is 38.8 Å². The molecule has 1 atom stereocenters. The van der Waals surface area contributed by atoms with Crippen LogP contribution in [0.5, 0.6) is 0 Å². The fourth-order valence-corrected chi connectivity index (χ4v) is 4.37. The lowest BCUT2D eigenvalue weighted by atomic mass is 9.77. The fraction of sp³-hybridized carbons (Fsp3) is 0.650. The highest BCUT2D eigenvalue weighted by Gasteiger charge is 2.56. The molecule has 1 unspecified atom stereocenters. The van der Waals surface area contributed by atoms with Gasteiger partial charge in [-0.25, -0.2) is 0 Å². The summed E-state index contributed by atoms with van der Waals surface area (Å²) >= 11 is 0. The molecule has 3 fully saturated rings. The highest BCUT2D eigenvalue weighted by Crippen LogP contribution is 2.50. The number of carbonyl (C=O) groups excluding carboxylic acids is 1. The first kappa shape index (κ1) is 16.1. The van der Waals surface area contributed by atoms with Crippen LogP contribution in [0.1, 0.15) is 31.7 Å². The van der Waals surface area contributed by atoms with Gasteiger partial charge in [-0.15, -0.1) is 0 Å². The Labute approximate surface area is 144 Å². The van der Waals surface area contributed by atoms with Gasteiger partial charge in [0.25, 0.3) is 0 Å². The Kier molecular flexibility index (Phi) is 3.92. The van der Waals surface area contributed by atoms with Gasteiger partial charge in [-0.1, -0.05) is 37.3 Å². The predicted molar refractivity (Wildman–Crippen MR) is 93.5 cm³/mol. The van der Waals surface area contributed by atoms with E-state index in [1.54, 1.807) is 0 Å². The standard InChI is InChI=1S/C20H28N2O2/c1-19(8-9-19)18(23)22-14-20(15-22)10-17(21(2)13-20)12-24-11-16-6-4-3-5-7-16/h3-7,17H,8-15H2,1-2H3. The minimum Gasteiger partial charge on any atom is -0.375 e. The van der Waals surface area contributed by atoms with Crippen molar-refractivity contribution in [2.24, 2.45) is 10.8 Å². The van der Waals surface area contributed by atoms with Crippen LogP contribution in [-0.4, -0.2) is 55.0 Å². The Bertz CT molecular complexity index is 605. The van der Waals surface area contributed by atoms with E-state index >= 15 is 0 Å². The molecule has 0 bridgehead atoms. The lowest BCUT2D eigenvalue weighted by Gasteiger charge is -2.49. The Morgan fingerprint density at radius 3 is 2.58 bits per heavy atom. The van der Waals surface area contributed by atoms with E-state index in [-0.39, 0.29) is 5.41 Å². The second-order valence-electron chi connectivity index (χ2n) is 8.50. The number of likely N-dealkylation sites (tertiary alicyclic amines) is 2. The summed E-state index contributed by atoms with van der Waals surface area (Å²) in [7, 11) is 2.19. The Morgan fingerprint density at radius 2 is 1.92 bits per heavy atom. The number of hydrogen-bond acceptors (Lipinski definition) is 3. The lowest BCUT2D eigenvalue weighted by Crippen LogP contribution is -2.60. The molecule has 0 N–H and O–H groups in total. The van der Waals surface area contributed by atoms with Crippen molar-refractivity contribution >= 4 is 5.91 Å². The summed E-state index contributed by atoms with van der Waals surface area (Å²) < 4.78 is 5.95. The summed E-state index contributed by atoms with van der Waals surface area (Å²) in [5, 5.41) is 0. The number of nitrogens with zero attached hydrogens (tertiary/aromatic N) is 2. The van der Waals surface area contributed by atoms with Gasteiger partial charge in [0.05, 0.1) is 13.2 Å². The van der Waals surface area contributed by atoms with Crippen LogP contribution in [-0.2, 0) is 16.1 Å². The van der Waals surface area contributed by atoms with Crippen molar-refractivity contribution in [1.29, 1.82) is 0 Å². The Balaban J connectivity index is 1.25. The molecule has 1 spiro atoms. The van der Waals surface area contributed by atoms with E-state index in [1.165, 1.54) is 5.56 Å². The molecular weight excluding hydrogens is 300 g/mol. The van der Waals surface area contributed by atoms with Gasteiger partial charge < -0.3 is 14.5 Å². The number of benzene rings is 1. The summed E-state index contributed by atoms with van der Waals surface area (Å²) in [4.78, 5) is 16.9. The fourth-order valence-electron chi connectivity index (χ4n) is 4.37. The molecule has 1 amide bonds. The van der Waals surface area contributed by atoms with E-state index in [0.29, 0.717) is 24.0 Å². The van der Waals surface area contributed by atoms with Crippen LogP contribution < -0.4 is 0 Å². The van der Waals surface area contributed by atoms with E-state index in [0.717, 1.165) is 45.5 Å². The van der Waals surface area contributed by atoms with Crippen LogP contribution >= 0.6 is 0 Å². The summed E-state index contributed by atoms with van der Waals surface area (Å²) in [6.07, 6.45) is 3.30. The maximum Gasteiger partial charge on any atom is 0.228 e. The maximum absolute atomic E-state index is 12.4. The molecule has 1 aliphatic carbocycles. The van der Waals surface area contributed by atoms with Crippen molar-refractivity contribution in [2.75, 3.05) is 33.3 Å². The normalized spacial score (nSPS) is 27.2. The van der Waals surface area contributed by atoms with Crippen molar-refractivity contribution in [3.8, 4) is 0 Å². The molecule has 1 aromatic carbocycles. The number of ether oxygens (including phenoxy) is 1. The number of rotatable bonds is 5. The molecule has 4 heteroatoms. The SMILES string of the molecule is CN1CC2(CC1COCc1ccccc1)CN(C(=O)C1(C)CC1)C2. The van der Waals surface area contributed by atoms with Gasteiger partial charge in [0.2, 0.25) is 5.91 Å². The van der Waals surface area contributed by atoms with Gasteiger partial charge in [0.15, 0.2) is 0 Å². The molecule has 2 heterocycles. The van der Waals surface area contributed by atoms with E-state index in [1.807, 2.05) is 6.07 Å². The topological polar surface area (TPSA) is 32.8 Å². The molecule has 4 rings (SSSR count). The third kappa shape index (κ3) is 2.98. The van der Waals surface area contributed by atoms with Crippen LogP contribution in [0, 0.1) is 10.8 Å². The van der Waals surface area contributed by atoms with E-state index in [4.69, 9.17) is 4.74 Å². The monoisotopic (exact) mass is 328 g/mol. The van der Waals surface area contributed by atoms with E-state index in [9.17, 15) is 4.79 Å². The summed E-state index contributed by atoms with van der Waals surface area (Å²) in [6.45, 7) is 6.55. The third-order valence-corrected chi connectivity index (χ3v) is 6.15.